The maximum absolute atomic E-state index is 9.70. The number of nitrogens with one attached hydrogen (secondary N) is 1. The lowest BCUT2D eigenvalue weighted by Gasteiger charge is -2.28. The van der Waals surface area contributed by atoms with Crippen LogP contribution in [0, 0.1) is 5.92 Å². The van der Waals surface area contributed by atoms with E-state index in [0.29, 0.717) is 24.5 Å². The van der Waals surface area contributed by atoms with Crippen molar-refractivity contribution in [1.82, 2.24) is 24.1 Å². The van der Waals surface area contributed by atoms with E-state index in [1.54, 1.807) is 0 Å². The number of fused-ring (bicyclic) bond motifs is 1. The van der Waals surface area contributed by atoms with Gasteiger partial charge in [-0.1, -0.05) is 0 Å². The van der Waals surface area contributed by atoms with Gasteiger partial charge in [0.2, 0.25) is 5.95 Å². The van der Waals surface area contributed by atoms with Crippen LogP contribution in [0.4, 0.5) is 17.6 Å². The number of hydrogen-bond acceptors (Lipinski definition) is 7. The highest BCUT2D eigenvalue weighted by Crippen LogP contribution is 2.34. The van der Waals surface area contributed by atoms with Crippen molar-refractivity contribution in [1.29, 1.82) is 0 Å². The molecule has 0 spiro atoms. The molecule has 2 aliphatic rings. The Kier molecular flexibility index (Phi) is 5.78. The SMILES string of the molecule is OCCC1CCC(n2cnc(Nc3nc(N4CCC[C@H]4CO)nn4cccc34)c2)CC1. The molecule has 2 fully saturated rings. The van der Waals surface area contributed by atoms with Gasteiger partial charge in [0.15, 0.2) is 5.82 Å². The van der Waals surface area contributed by atoms with E-state index < -0.39 is 0 Å². The largest absolute Gasteiger partial charge is 0.396 e. The van der Waals surface area contributed by atoms with E-state index in [1.165, 1.54) is 0 Å². The summed E-state index contributed by atoms with van der Waals surface area (Å²) in [4.78, 5) is 11.5. The summed E-state index contributed by atoms with van der Waals surface area (Å²) in [5.41, 5.74) is 0.891. The average Bonchev–Trinajstić information content (AvgIpc) is 3.54. The first-order valence-corrected chi connectivity index (χ1v) is 11.4. The number of aliphatic hydroxyl groups is 2. The molecular weight excluding hydrogens is 394 g/mol. The number of aromatic nitrogens is 5. The van der Waals surface area contributed by atoms with Crippen LogP contribution in [0.1, 0.15) is 51.0 Å². The van der Waals surface area contributed by atoms with Crippen LogP contribution in [-0.4, -0.2) is 60.2 Å². The fraction of sp³-hybridized carbons (Fsp3) is 0.591. The van der Waals surface area contributed by atoms with Gasteiger partial charge < -0.3 is 25.0 Å². The van der Waals surface area contributed by atoms with E-state index in [4.69, 9.17) is 4.98 Å². The smallest absolute Gasteiger partial charge is 0.245 e. The van der Waals surface area contributed by atoms with E-state index >= 15 is 0 Å². The third kappa shape index (κ3) is 4.12. The maximum Gasteiger partial charge on any atom is 0.245 e. The molecule has 0 radical (unpaired) electrons. The zero-order chi connectivity index (χ0) is 21.2. The van der Waals surface area contributed by atoms with Gasteiger partial charge in [-0.05, 0) is 63.0 Å². The Labute approximate surface area is 181 Å². The number of hydrogen-bond donors (Lipinski definition) is 3. The minimum atomic E-state index is 0.0704. The van der Waals surface area contributed by atoms with E-state index in [0.717, 1.165) is 68.6 Å². The minimum Gasteiger partial charge on any atom is -0.396 e. The van der Waals surface area contributed by atoms with Gasteiger partial charge in [-0.3, -0.25) is 0 Å². The molecule has 1 atom stereocenters. The Balaban J connectivity index is 1.35. The van der Waals surface area contributed by atoms with E-state index in [9.17, 15) is 10.2 Å². The predicted octanol–water partition coefficient (Wildman–Crippen LogP) is 2.74. The third-order valence-electron chi connectivity index (χ3n) is 6.85. The monoisotopic (exact) mass is 425 g/mol. The lowest BCUT2D eigenvalue weighted by Crippen LogP contribution is -2.34. The van der Waals surface area contributed by atoms with Gasteiger partial charge in [0.25, 0.3) is 0 Å². The highest BCUT2D eigenvalue weighted by molar-refractivity contribution is 5.73. The van der Waals surface area contributed by atoms with Crippen LogP contribution in [0.3, 0.4) is 0 Å². The molecule has 3 aromatic rings. The molecule has 0 amide bonds. The summed E-state index contributed by atoms with van der Waals surface area (Å²) in [5, 5.41) is 26.9. The van der Waals surface area contributed by atoms with Crippen molar-refractivity contribution in [3.8, 4) is 0 Å². The molecule has 0 bridgehead atoms. The van der Waals surface area contributed by atoms with Gasteiger partial charge in [-0.15, -0.1) is 5.10 Å². The quantitative estimate of drug-likeness (QED) is 0.535. The minimum absolute atomic E-state index is 0.0704. The molecular formula is C22H31N7O2. The number of anilines is 3. The second kappa shape index (κ2) is 8.84. The van der Waals surface area contributed by atoms with Gasteiger partial charge in [-0.25, -0.2) is 9.50 Å². The molecule has 1 aliphatic heterocycles. The maximum atomic E-state index is 9.70. The first kappa shape index (κ1) is 20.3. The van der Waals surface area contributed by atoms with Crippen molar-refractivity contribution in [3.05, 3.63) is 30.9 Å². The fourth-order valence-electron chi connectivity index (χ4n) is 5.06. The third-order valence-corrected chi connectivity index (χ3v) is 6.85. The van der Waals surface area contributed by atoms with Crippen LogP contribution in [0.25, 0.3) is 5.52 Å². The lowest BCUT2D eigenvalue weighted by molar-refractivity contribution is 0.207. The van der Waals surface area contributed by atoms with Crippen LogP contribution < -0.4 is 10.2 Å². The molecule has 5 rings (SSSR count). The van der Waals surface area contributed by atoms with Crippen molar-refractivity contribution >= 4 is 23.1 Å². The van der Waals surface area contributed by atoms with Crippen LogP contribution in [-0.2, 0) is 0 Å². The van der Waals surface area contributed by atoms with Gasteiger partial charge in [0, 0.05) is 31.6 Å². The average molecular weight is 426 g/mol. The Morgan fingerprint density at radius 2 is 2.00 bits per heavy atom. The van der Waals surface area contributed by atoms with Gasteiger partial charge in [-0.2, -0.15) is 4.98 Å². The van der Waals surface area contributed by atoms with E-state index in [2.05, 4.69) is 31.1 Å². The van der Waals surface area contributed by atoms with Crippen molar-refractivity contribution in [3.63, 3.8) is 0 Å². The molecule has 166 valence electrons. The van der Waals surface area contributed by atoms with Crippen molar-refractivity contribution < 1.29 is 10.2 Å². The molecule has 1 saturated heterocycles. The normalized spacial score (nSPS) is 24.2. The molecule has 1 saturated carbocycles. The molecule has 0 unspecified atom stereocenters. The van der Waals surface area contributed by atoms with Crippen LogP contribution >= 0.6 is 0 Å². The summed E-state index contributed by atoms with van der Waals surface area (Å²) in [7, 11) is 0. The zero-order valence-corrected chi connectivity index (χ0v) is 17.8. The number of aliphatic hydroxyl groups excluding tert-OH is 2. The summed E-state index contributed by atoms with van der Waals surface area (Å²) in [6.07, 6.45) is 13.4. The lowest BCUT2D eigenvalue weighted by atomic mass is 9.84. The standard InChI is InChI=1S/C22H31N7O2/c30-12-9-16-5-7-17(8-6-16)27-13-20(23-15-27)24-21-19-4-2-11-29(19)26-22(25-21)28-10-1-3-18(28)14-31/h2,4,11,13,15-18,30-31H,1,3,5-10,12,14H2,(H,24,25,26)/t16?,17?,18-/m0/s1. The van der Waals surface area contributed by atoms with Gasteiger partial charge >= 0.3 is 0 Å². The summed E-state index contributed by atoms with van der Waals surface area (Å²) < 4.78 is 4.04. The fourth-order valence-corrected chi connectivity index (χ4v) is 5.06. The van der Waals surface area contributed by atoms with Crippen molar-refractivity contribution in [2.75, 3.05) is 30.0 Å². The first-order valence-electron chi connectivity index (χ1n) is 11.4. The number of imidazole rings is 1. The van der Waals surface area contributed by atoms with Crippen molar-refractivity contribution in [2.24, 2.45) is 5.92 Å². The second-order valence-corrected chi connectivity index (χ2v) is 8.79. The molecule has 0 aromatic carbocycles. The van der Waals surface area contributed by atoms with Crippen LogP contribution in [0.2, 0.25) is 0 Å². The molecule has 31 heavy (non-hydrogen) atoms. The Hall–Kier alpha value is -2.65. The number of rotatable bonds is 7. The van der Waals surface area contributed by atoms with Crippen LogP contribution in [0.15, 0.2) is 30.9 Å². The summed E-state index contributed by atoms with van der Waals surface area (Å²) in [6, 6.07) is 4.47. The van der Waals surface area contributed by atoms with Gasteiger partial charge in [0.05, 0.1) is 19.0 Å². The predicted molar refractivity (Wildman–Crippen MR) is 119 cm³/mol. The van der Waals surface area contributed by atoms with E-state index in [-0.39, 0.29) is 12.6 Å². The molecule has 4 heterocycles. The highest BCUT2D eigenvalue weighted by Gasteiger charge is 2.27. The number of nitrogens with zero attached hydrogens (tertiary/aromatic N) is 6. The second-order valence-electron chi connectivity index (χ2n) is 8.79. The Bertz CT molecular complexity index is 1010. The summed E-state index contributed by atoms with van der Waals surface area (Å²) in [6.45, 7) is 1.26. The molecule has 3 aromatic heterocycles. The highest BCUT2D eigenvalue weighted by atomic mass is 16.3. The van der Waals surface area contributed by atoms with Crippen LogP contribution in [0.5, 0.6) is 0 Å². The topological polar surface area (TPSA) is 104 Å². The molecule has 1 aliphatic carbocycles. The Morgan fingerprint density at radius 1 is 1.13 bits per heavy atom. The molecule has 9 heteroatoms. The summed E-state index contributed by atoms with van der Waals surface area (Å²) >= 11 is 0. The van der Waals surface area contributed by atoms with Gasteiger partial charge in [0.1, 0.15) is 11.3 Å². The molecule has 9 nitrogen and oxygen atoms in total. The zero-order valence-electron chi connectivity index (χ0n) is 17.8. The van der Waals surface area contributed by atoms with E-state index in [1.807, 2.05) is 29.2 Å². The first-order chi connectivity index (χ1) is 15.2. The van der Waals surface area contributed by atoms with Crippen molar-refractivity contribution in [2.45, 2.75) is 57.0 Å². The summed E-state index contributed by atoms with van der Waals surface area (Å²) in [5.74, 6) is 2.77. The Morgan fingerprint density at radius 3 is 2.81 bits per heavy atom. The molecule has 3 N–H and O–H groups in total.